The van der Waals surface area contributed by atoms with Crippen LogP contribution in [0.25, 0.3) is 0 Å². The van der Waals surface area contributed by atoms with Gasteiger partial charge in [0.2, 0.25) is 15.9 Å². The van der Waals surface area contributed by atoms with Crippen molar-refractivity contribution in [2.24, 2.45) is 0 Å². The number of piperidine rings is 1. The van der Waals surface area contributed by atoms with Gasteiger partial charge in [-0.3, -0.25) is 9.48 Å². The van der Waals surface area contributed by atoms with Gasteiger partial charge in [0.25, 0.3) is 0 Å². The molecular weight excluding hydrogens is 340 g/mol. The van der Waals surface area contributed by atoms with Gasteiger partial charge in [0.05, 0.1) is 11.9 Å². The van der Waals surface area contributed by atoms with E-state index in [2.05, 4.69) is 10.4 Å². The maximum Gasteiger partial charge on any atom is 0.246 e. The van der Waals surface area contributed by atoms with E-state index < -0.39 is 10.0 Å². The van der Waals surface area contributed by atoms with Crippen LogP contribution in [-0.2, 0) is 21.4 Å². The highest BCUT2D eigenvalue weighted by molar-refractivity contribution is 7.89. The molecule has 1 aliphatic rings. The molecule has 1 aromatic heterocycles. The molecule has 3 rings (SSSR count). The van der Waals surface area contributed by atoms with E-state index in [4.69, 9.17) is 0 Å². The number of anilines is 1. The summed E-state index contributed by atoms with van der Waals surface area (Å²) in [5.41, 5.74) is 1.27. The van der Waals surface area contributed by atoms with Gasteiger partial charge in [0.1, 0.15) is 11.4 Å². The van der Waals surface area contributed by atoms with E-state index in [1.807, 2.05) is 6.92 Å². The molecule has 1 fully saturated rings. The van der Waals surface area contributed by atoms with Gasteiger partial charge in [0.15, 0.2) is 0 Å². The molecule has 1 amide bonds. The number of carbonyl (C=O) groups is 1. The average molecular weight is 362 g/mol. The van der Waals surface area contributed by atoms with Crippen molar-refractivity contribution in [3.63, 3.8) is 0 Å². The summed E-state index contributed by atoms with van der Waals surface area (Å²) in [6, 6.07) is 6.53. The minimum absolute atomic E-state index is 0.0337. The Morgan fingerprint density at radius 1 is 1.20 bits per heavy atom. The largest absolute Gasteiger partial charge is 0.323 e. The third-order valence-corrected chi connectivity index (χ3v) is 6.12. The fourth-order valence-corrected chi connectivity index (χ4v) is 4.59. The predicted octanol–water partition coefficient (Wildman–Crippen LogP) is 2.00. The zero-order chi connectivity index (χ0) is 17.9. The molecule has 1 N–H and O–H groups in total. The molecule has 0 spiro atoms. The highest BCUT2D eigenvalue weighted by atomic mass is 32.2. The number of nitrogens with one attached hydrogen (secondary N) is 1. The number of para-hydroxylation sites is 1. The summed E-state index contributed by atoms with van der Waals surface area (Å²) in [6.45, 7) is 2.97. The molecule has 0 bridgehead atoms. The van der Waals surface area contributed by atoms with Crippen molar-refractivity contribution in [1.29, 1.82) is 0 Å². The molecule has 7 nitrogen and oxygen atoms in total. The molecular formula is C17H22N4O3S. The minimum Gasteiger partial charge on any atom is -0.323 e. The number of rotatable bonds is 5. The first kappa shape index (κ1) is 17.6. The molecule has 1 aliphatic heterocycles. The van der Waals surface area contributed by atoms with Crippen LogP contribution in [0.3, 0.4) is 0 Å². The summed E-state index contributed by atoms with van der Waals surface area (Å²) in [5, 5.41) is 6.78. The number of nitrogens with zero attached hydrogens (tertiary/aromatic N) is 3. The molecule has 2 heterocycles. The Bertz CT molecular complexity index is 854. The summed E-state index contributed by atoms with van der Waals surface area (Å²) >= 11 is 0. The maximum atomic E-state index is 12.9. The first-order valence-electron chi connectivity index (χ1n) is 8.35. The fourth-order valence-electron chi connectivity index (χ4n) is 2.93. The van der Waals surface area contributed by atoms with Crippen LogP contribution in [0.5, 0.6) is 0 Å². The van der Waals surface area contributed by atoms with Crippen molar-refractivity contribution in [3.05, 3.63) is 42.2 Å². The topological polar surface area (TPSA) is 84.3 Å². The molecule has 0 atom stereocenters. The number of aromatic nitrogens is 2. The van der Waals surface area contributed by atoms with E-state index in [1.54, 1.807) is 30.6 Å². The number of aryl methyl sites for hydroxylation is 1. The lowest BCUT2D eigenvalue weighted by Crippen LogP contribution is -2.36. The number of carbonyl (C=O) groups excluding carboxylic acids is 1. The van der Waals surface area contributed by atoms with E-state index in [9.17, 15) is 13.2 Å². The van der Waals surface area contributed by atoms with Crippen LogP contribution in [0.4, 0.5) is 5.69 Å². The predicted molar refractivity (Wildman–Crippen MR) is 94.6 cm³/mol. The first-order valence-corrected chi connectivity index (χ1v) is 9.79. The molecule has 134 valence electrons. The Morgan fingerprint density at radius 3 is 2.60 bits per heavy atom. The molecule has 0 aliphatic carbocycles. The lowest BCUT2D eigenvalue weighted by molar-refractivity contribution is -0.116. The summed E-state index contributed by atoms with van der Waals surface area (Å²) in [4.78, 5) is 12.4. The van der Waals surface area contributed by atoms with Crippen LogP contribution in [0.15, 0.2) is 41.6 Å². The lowest BCUT2D eigenvalue weighted by Gasteiger charge is -2.26. The van der Waals surface area contributed by atoms with Gasteiger partial charge in [-0.05, 0) is 37.5 Å². The molecule has 8 heteroatoms. The highest BCUT2D eigenvalue weighted by Gasteiger charge is 2.28. The summed E-state index contributed by atoms with van der Waals surface area (Å²) < 4.78 is 28.8. The summed E-state index contributed by atoms with van der Waals surface area (Å²) in [6.07, 6.45) is 6.21. The van der Waals surface area contributed by atoms with Crippen LogP contribution in [0, 0.1) is 6.92 Å². The Hall–Kier alpha value is -2.19. The van der Waals surface area contributed by atoms with Crippen molar-refractivity contribution in [3.8, 4) is 0 Å². The fraction of sp³-hybridized carbons (Fsp3) is 0.412. The standard InChI is InChI=1S/C17H22N4O3S/c1-14-11-18-20(12-14)13-17(22)19-15-7-3-4-8-16(15)25(23,24)21-9-5-2-6-10-21/h3-4,7-8,11-12H,2,5-6,9-10,13H2,1H3,(H,19,22). The molecule has 0 saturated carbocycles. The Labute approximate surface area is 147 Å². The Morgan fingerprint density at radius 2 is 1.92 bits per heavy atom. The van der Waals surface area contributed by atoms with Gasteiger partial charge in [-0.2, -0.15) is 9.40 Å². The molecule has 0 unspecified atom stereocenters. The van der Waals surface area contributed by atoms with E-state index in [-0.39, 0.29) is 17.3 Å². The highest BCUT2D eigenvalue weighted by Crippen LogP contribution is 2.26. The summed E-state index contributed by atoms with van der Waals surface area (Å²) in [7, 11) is -3.61. The zero-order valence-corrected chi connectivity index (χ0v) is 15.0. The minimum atomic E-state index is -3.61. The van der Waals surface area contributed by atoms with Gasteiger partial charge in [-0.1, -0.05) is 18.6 Å². The Balaban J connectivity index is 1.79. The normalized spacial score (nSPS) is 15.9. The number of hydrogen-bond acceptors (Lipinski definition) is 4. The number of amides is 1. The number of hydrogen-bond donors (Lipinski definition) is 1. The van der Waals surface area contributed by atoms with Crippen molar-refractivity contribution < 1.29 is 13.2 Å². The number of benzene rings is 1. The van der Waals surface area contributed by atoms with Gasteiger partial charge < -0.3 is 5.32 Å². The van der Waals surface area contributed by atoms with Crippen LogP contribution in [-0.4, -0.2) is 41.5 Å². The van der Waals surface area contributed by atoms with Gasteiger partial charge in [-0.15, -0.1) is 0 Å². The molecule has 1 aromatic carbocycles. The zero-order valence-electron chi connectivity index (χ0n) is 14.2. The molecule has 2 aromatic rings. The second kappa shape index (κ2) is 7.37. The number of sulfonamides is 1. The Kier molecular flexibility index (Phi) is 5.19. The van der Waals surface area contributed by atoms with Crippen LogP contribution in [0.1, 0.15) is 24.8 Å². The quantitative estimate of drug-likeness (QED) is 0.882. The van der Waals surface area contributed by atoms with E-state index in [1.165, 1.54) is 15.1 Å². The molecule has 0 radical (unpaired) electrons. The van der Waals surface area contributed by atoms with Crippen LogP contribution >= 0.6 is 0 Å². The van der Waals surface area contributed by atoms with E-state index in [0.29, 0.717) is 18.8 Å². The van der Waals surface area contributed by atoms with Crippen molar-refractivity contribution in [2.75, 3.05) is 18.4 Å². The van der Waals surface area contributed by atoms with E-state index in [0.717, 1.165) is 24.8 Å². The second-order valence-corrected chi connectivity index (χ2v) is 8.13. The smallest absolute Gasteiger partial charge is 0.246 e. The SMILES string of the molecule is Cc1cnn(CC(=O)Nc2ccccc2S(=O)(=O)N2CCCCC2)c1. The second-order valence-electron chi connectivity index (χ2n) is 6.22. The van der Waals surface area contributed by atoms with Crippen LogP contribution in [0.2, 0.25) is 0 Å². The van der Waals surface area contributed by atoms with Crippen LogP contribution < -0.4 is 5.32 Å². The molecule has 25 heavy (non-hydrogen) atoms. The average Bonchev–Trinajstić information content (AvgIpc) is 3.00. The van der Waals surface area contributed by atoms with E-state index >= 15 is 0 Å². The van der Waals surface area contributed by atoms with Gasteiger partial charge in [0, 0.05) is 19.3 Å². The first-order chi connectivity index (χ1) is 12.0. The lowest BCUT2D eigenvalue weighted by atomic mass is 10.2. The maximum absolute atomic E-state index is 12.9. The van der Waals surface area contributed by atoms with Crippen molar-refractivity contribution in [2.45, 2.75) is 37.6 Å². The van der Waals surface area contributed by atoms with Crippen molar-refractivity contribution >= 4 is 21.6 Å². The third kappa shape index (κ3) is 4.08. The summed E-state index contributed by atoms with van der Waals surface area (Å²) in [5.74, 6) is -0.315. The molecule has 1 saturated heterocycles. The monoisotopic (exact) mass is 362 g/mol. The third-order valence-electron chi connectivity index (χ3n) is 4.16. The van der Waals surface area contributed by atoms with Gasteiger partial charge >= 0.3 is 0 Å². The van der Waals surface area contributed by atoms with Crippen molar-refractivity contribution in [1.82, 2.24) is 14.1 Å². The van der Waals surface area contributed by atoms with Gasteiger partial charge in [-0.25, -0.2) is 8.42 Å².